The average Bonchev–Trinajstić information content (AvgIpc) is 2.80. The largest absolute Gasteiger partial charge is 0.478 e. The number of halogens is 2. The predicted molar refractivity (Wildman–Crippen MR) is 136 cm³/mol. The second kappa shape index (κ2) is 9.20. The Morgan fingerprint density at radius 3 is 2.63 bits per heavy atom. The molecule has 0 bridgehead atoms. The molecule has 1 aliphatic heterocycles. The van der Waals surface area contributed by atoms with E-state index >= 15 is 0 Å². The Hall–Kier alpha value is -3.62. The van der Waals surface area contributed by atoms with Crippen LogP contribution in [-0.2, 0) is 0 Å². The lowest BCUT2D eigenvalue weighted by molar-refractivity contribution is 0.0697. The third-order valence-corrected chi connectivity index (χ3v) is 6.57. The van der Waals surface area contributed by atoms with E-state index in [-0.39, 0.29) is 16.3 Å². The van der Waals surface area contributed by atoms with Crippen LogP contribution in [0.4, 0.5) is 11.5 Å². The van der Waals surface area contributed by atoms with E-state index < -0.39 is 12.0 Å². The van der Waals surface area contributed by atoms with Crippen molar-refractivity contribution in [3.05, 3.63) is 98.1 Å². The summed E-state index contributed by atoms with van der Waals surface area (Å²) >= 11 is 12.2. The van der Waals surface area contributed by atoms with E-state index in [9.17, 15) is 14.7 Å². The molecule has 0 amide bonds. The minimum Gasteiger partial charge on any atom is -0.478 e. The van der Waals surface area contributed by atoms with Crippen molar-refractivity contribution >= 4 is 46.3 Å². The van der Waals surface area contributed by atoms with Gasteiger partial charge in [-0.25, -0.2) is 14.8 Å². The molecule has 0 saturated carbocycles. The van der Waals surface area contributed by atoms with Crippen LogP contribution in [0.2, 0.25) is 10.2 Å². The van der Waals surface area contributed by atoms with E-state index in [1.807, 2.05) is 25.1 Å². The highest BCUT2D eigenvalue weighted by Gasteiger charge is 2.30. The van der Waals surface area contributed by atoms with E-state index in [1.54, 1.807) is 6.07 Å². The number of pyridine rings is 2. The summed E-state index contributed by atoms with van der Waals surface area (Å²) in [5.41, 5.74) is 2.38. The van der Waals surface area contributed by atoms with Crippen molar-refractivity contribution in [1.29, 1.82) is 0 Å². The second-order valence-electron chi connectivity index (χ2n) is 8.50. The molecule has 0 radical (unpaired) electrons. The summed E-state index contributed by atoms with van der Waals surface area (Å²) < 4.78 is 1.41. The van der Waals surface area contributed by atoms with E-state index in [0.717, 1.165) is 13.1 Å². The van der Waals surface area contributed by atoms with E-state index in [2.05, 4.69) is 27.3 Å². The van der Waals surface area contributed by atoms with Crippen molar-refractivity contribution in [1.82, 2.24) is 14.4 Å². The number of carbonyl (C=O) groups is 1. The first-order valence-corrected chi connectivity index (χ1v) is 11.7. The van der Waals surface area contributed by atoms with Crippen molar-refractivity contribution < 1.29 is 9.90 Å². The zero-order valence-electron chi connectivity index (χ0n) is 18.7. The van der Waals surface area contributed by atoms with Gasteiger partial charge in [0.1, 0.15) is 16.6 Å². The van der Waals surface area contributed by atoms with Crippen molar-refractivity contribution in [2.45, 2.75) is 18.9 Å². The lowest BCUT2D eigenvalue weighted by atomic mass is 9.91. The Balaban J connectivity index is 1.49. The van der Waals surface area contributed by atoms with Crippen LogP contribution in [0.3, 0.4) is 0 Å². The van der Waals surface area contributed by atoms with Crippen LogP contribution in [0.15, 0.2) is 65.7 Å². The fourth-order valence-corrected chi connectivity index (χ4v) is 4.67. The number of anilines is 2. The highest BCUT2D eigenvalue weighted by molar-refractivity contribution is 6.30. The van der Waals surface area contributed by atoms with Crippen LogP contribution in [0.5, 0.6) is 0 Å². The minimum absolute atomic E-state index is 0.0125. The number of nitrogens with one attached hydrogen (secondary N) is 1. The fraction of sp³-hybridized carbons (Fsp3) is 0.200. The fourth-order valence-electron chi connectivity index (χ4n) is 4.30. The van der Waals surface area contributed by atoms with E-state index in [0.29, 0.717) is 33.7 Å². The highest BCUT2D eigenvalue weighted by atomic mass is 35.5. The summed E-state index contributed by atoms with van der Waals surface area (Å²) in [5, 5.41) is 13.1. The summed E-state index contributed by atoms with van der Waals surface area (Å²) in [7, 11) is 0. The first-order valence-electron chi connectivity index (χ1n) is 11.0. The third kappa shape index (κ3) is 4.54. The molecule has 0 unspecified atom stereocenters. The van der Waals surface area contributed by atoms with Gasteiger partial charge in [0.15, 0.2) is 0 Å². The first-order chi connectivity index (χ1) is 16.8. The Kier molecular flexibility index (Phi) is 6.08. The van der Waals surface area contributed by atoms with Gasteiger partial charge in [-0.2, -0.15) is 0 Å². The summed E-state index contributed by atoms with van der Waals surface area (Å²) in [6.45, 7) is 3.36. The standard InChI is InChI=1S/C25H21Cl2N5O3/c1-14(29-20-10-28-21(27)8-19(20)25(34)35)18-7-17(26)13-32-23(33)9-22(30-24(18)32)31-11-16(12-31)15-5-3-2-4-6-15/h2-10,13-14,16,29H,11-12H2,1H3,(H,34,35)/t14-/m1/s1. The quantitative estimate of drug-likeness (QED) is 0.357. The summed E-state index contributed by atoms with van der Waals surface area (Å²) in [4.78, 5) is 35.5. The molecule has 1 fully saturated rings. The monoisotopic (exact) mass is 509 g/mol. The van der Waals surface area contributed by atoms with Crippen molar-refractivity contribution in [3.63, 3.8) is 0 Å². The van der Waals surface area contributed by atoms with Gasteiger partial charge >= 0.3 is 5.97 Å². The molecule has 1 aliphatic rings. The number of rotatable bonds is 6. The molecular formula is C25H21Cl2N5O3. The molecule has 8 nitrogen and oxygen atoms in total. The molecule has 4 aromatic rings. The van der Waals surface area contributed by atoms with Crippen LogP contribution >= 0.6 is 23.2 Å². The van der Waals surface area contributed by atoms with Gasteiger partial charge in [0.05, 0.1) is 28.5 Å². The smallest absolute Gasteiger partial charge is 0.337 e. The topological polar surface area (TPSA) is 99.8 Å². The average molecular weight is 510 g/mol. The number of nitrogens with zero attached hydrogens (tertiary/aromatic N) is 4. The maximum atomic E-state index is 13.0. The van der Waals surface area contributed by atoms with Gasteiger partial charge in [0.25, 0.3) is 5.56 Å². The Labute approximate surface area is 210 Å². The first kappa shape index (κ1) is 23.1. The molecule has 10 heteroatoms. The normalized spacial score (nSPS) is 14.5. The highest BCUT2D eigenvalue weighted by Crippen LogP contribution is 2.32. The zero-order valence-corrected chi connectivity index (χ0v) is 20.2. The lowest BCUT2D eigenvalue weighted by Gasteiger charge is -2.40. The molecule has 2 N–H and O–H groups in total. The molecule has 0 spiro atoms. The maximum Gasteiger partial charge on any atom is 0.337 e. The van der Waals surface area contributed by atoms with Crippen LogP contribution in [0, 0.1) is 0 Å². The van der Waals surface area contributed by atoms with Gasteiger partial charge in [0, 0.05) is 36.8 Å². The van der Waals surface area contributed by atoms with Crippen molar-refractivity contribution in [2.24, 2.45) is 0 Å². The summed E-state index contributed by atoms with van der Waals surface area (Å²) in [6.07, 6.45) is 2.89. The van der Waals surface area contributed by atoms with Crippen LogP contribution in [0.1, 0.15) is 40.4 Å². The van der Waals surface area contributed by atoms with Gasteiger partial charge in [-0.1, -0.05) is 53.5 Å². The van der Waals surface area contributed by atoms with Gasteiger partial charge in [-0.3, -0.25) is 9.20 Å². The van der Waals surface area contributed by atoms with Crippen LogP contribution in [0.25, 0.3) is 5.65 Å². The molecule has 178 valence electrons. The number of hydrogen-bond donors (Lipinski definition) is 2. The third-order valence-electron chi connectivity index (χ3n) is 6.16. The van der Waals surface area contributed by atoms with Gasteiger partial charge < -0.3 is 15.3 Å². The van der Waals surface area contributed by atoms with Gasteiger partial charge in [0.2, 0.25) is 0 Å². The molecule has 4 heterocycles. The number of carboxylic acid groups (broad SMARTS) is 1. The Morgan fingerprint density at radius 1 is 1.17 bits per heavy atom. The number of benzene rings is 1. The summed E-state index contributed by atoms with van der Waals surface area (Å²) in [5.74, 6) is -0.159. The molecule has 3 aromatic heterocycles. The SMILES string of the molecule is C[C@@H](Nc1cnc(Cl)cc1C(=O)O)c1cc(Cl)cn2c(=O)cc(N3CC(c4ccccc4)C3)nc12. The Bertz CT molecular complexity index is 1490. The predicted octanol–water partition coefficient (Wildman–Crippen LogP) is 4.87. The lowest BCUT2D eigenvalue weighted by Crippen LogP contribution is -2.46. The maximum absolute atomic E-state index is 13.0. The molecule has 5 rings (SSSR count). The number of aromatic nitrogens is 3. The minimum atomic E-state index is -1.14. The molecule has 1 atom stereocenters. The van der Waals surface area contributed by atoms with Crippen molar-refractivity contribution in [3.8, 4) is 0 Å². The molecular weight excluding hydrogens is 489 g/mol. The van der Waals surface area contributed by atoms with Gasteiger partial charge in [-0.05, 0) is 24.6 Å². The second-order valence-corrected chi connectivity index (χ2v) is 9.32. The van der Waals surface area contributed by atoms with E-state index in [4.69, 9.17) is 28.2 Å². The van der Waals surface area contributed by atoms with Crippen LogP contribution in [-0.4, -0.2) is 38.5 Å². The van der Waals surface area contributed by atoms with Gasteiger partial charge in [-0.15, -0.1) is 0 Å². The number of hydrogen-bond acceptors (Lipinski definition) is 6. The summed E-state index contributed by atoms with van der Waals surface area (Å²) in [6, 6.07) is 14.3. The molecule has 35 heavy (non-hydrogen) atoms. The molecule has 1 saturated heterocycles. The molecule has 1 aromatic carbocycles. The van der Waals surface area contributed by atoms with Crippen molar-refractivity contribution in [2.75, 3.05) is 23.3 Å². The Morgan fingerprint density at radius 2 is 1.91 bits per heavy atom. The number of carboxylic acids is 1. The number of aromatic carboxylic acids is 1. The van der Waals surface area contributed by atoms with E-state index in [1.165, 1.54) is 34.5 Å². The molecule has 0 aliphatic carbocycles. The number of fused-ring (bicyclic) bond motifs is 1. The van der Waals surface area contributed by atoms with Crippen LogP contribution < -0.4 is 15.8 Å². The zero-order chi connectivity index (χ0) is 24.7.